The van der Waals surface area contributed by atoms with Crippen LogP contribution in [0.1, 0.15) is 52.9 Å². The van der Waals surface area contributed by atoms with Crippen LogP contribution in [0, 0.1) is 6.92 Å². The zero-order valence-corrected chi connectivity index (χ0v) is 17.7. The Kier molecular flexibility index (Phi) is 5.21. The summed E-state index contributed by atoms with van der Waals surface area (Å²) in [7, 11) is 0. The molecule has 30 heavy (non-hydrogen) atoms. The van der Waals surface area contributed by atoms with Crippen molar-refractivity contribution in [3.63, 3.8) is 0 Å². The fraction of sp³-hybridized carbons (Fsp3) is 0.222. The molecule has 0 spiro atoms. The Bertz CT molecular complexity index is 1090. The van der Waals surface area contributed by atoms with Crippen LogP contribution in [0.2, 0.25) is 0 Å². The van der Waals surface area contributed by atoms with Gasteiger partial charge in [-0.2, -0.15) is 0 Å². The lowest BCUT2D eigenvalue weighted by molar-refractivity contribution is -0.255. The molecule has 0 saturated heterocycles. The van der Waals surface area contributed by atoms with Crippen LogP contribution < -0.4 is 10.0 Å². The normalized spacial score (nSPS) is 15.2. The lowest BCUT2D eigenvalue weighted by atomic mass is 9.77. The van der Waals surface area contributed by atoms with Gasteiger partial charge in [0.2, 0.25) is 0 Å². The zero-order chi connectivity index (χ0) is 21.3. The highest BCUT2D eigenvalue weighted by molar-refractivity contribution is 5.86. The molecule has 0 amide bonds. The smallest absolute Gasteiger partial charge is 0.0715 e. The van der Waals surface area contributed by atoms with Crippen LogP contribution in [-0.2, 0) is 5.41 Å². The Hall–Kier alpha value is -3.33. The van der Waals surface area contributed by atoms with Gasteiger partial charge in [0, 0.05) is 17.9 Å². The zero-order valence-electron chi connectivity index (χ0n) is 17.7. The van der Waals surface area contributed by atoms with E-state index in [0.717, 1.165) is 24.1 Å². The Morgan fingerprint density at radius 3 is 2.23 bits per heavy atom. The quantitative estimate of drug-likeness (QED) is 0.559. The molecule has 1 aliphatic rings. The highest BCUT2D eigenvalue weighted by atomic mass is 16.4. The van der Waals surface area contributed by atoms with Crippen LogP contribution in [-0.4, -0.2) is 12.5 Å². The minimum atomic E-state index is -1.15. The van der Waals surface area contributed by atoms with Gasteiger partial charge in [-0.1, -0.05) is 80.1 Å². The first-order valence-electron chi connectivity index (χ1n) is 10.3. The van der Waals surface area contributed by atoms with Gasteiger partial charge in [0.25, 0.3) is 0 Å². The molecule has 1 heterocycles. The number of benzene rings is 3. The lowest BCUT2D eigenvalue weighted by Crippen LogP contribution is -2.34. The van der Waals surface area contributed by atoms with E-state index < -0.39 is 5.97 Å². The number of carbonyl (C=O) groups excluding carboxylic acids is 1. The number of aromatic carboxylic acids is 1. The summed E-state index contributed by atoms with van der Waals surface area (Å²) in [5.74, 6) is -1.15. The fourth-order valence-corrected chi connectivity index (χ4v) is 4.01. The molecular formula is C27H26NO2-. The van der Waals surface area contributed by atoms with E-state index in [9.17, 15) is 9.90 Å². The van der Waals surface area contributed by atoms with Crippen molar-refractivity contribution >= 4 is 29.5 Å². The number of rotatable bonds is 4. The largest absolute Gasteiger partial charge is 0.545 e. The van der Waals surface area contributed by atoms with Gasteiger partial charge in [0.1, 0.15) is 0 Å². The van der Waals surface area contributed by atoms with Crippen molar-refractivity contribution in [3.05, 3.63) is 94.5 Å². The average molecular weight is 397 g/mol. The number of nitrogens with zero attached hydrogens (tertiary/aromatic N) is 1. The minimum absolute atomic E-state index is 0.138. The van der Waals surface area contributed by atoms with Crippen molar-refractivity contribution in [1.29, 1.82) is 0 Å². The Labute approximate surface area is 178 Å². The molecule has 0 aliphatic carbocycles. The highest BCUT2D eigenvalue weighted by Crippen LogP contribution is 2.43. The van der Waals surface area contributed by atoms with E-state index in [1.807, 2.05) is 6.08 Å². The first-order valence-corrected chi connectivity index (χ1v) is 10.3. The SMILES string of the molecule is Cc1ccc(N2CCC(C)(C)c3ccc(/C=C/c4ccc(C(=O)[O-])cc4)cc32)cc1. The van der Waals surface area contributed by atoms with E-state index in [-0.39, 0.29) is 11.0 Å². The van der Waals surface area contributed by atoms with Crippen molar-refractivity contribution < 1.29 is 9.90 Å². The number of aryl methyl sites for hydroxylation is 1. The molecule has 3 nitrogen and oxygen atoms in total. The number of carboxylic acid groups (broad SMARTS) is 1. The molecule has 0 radical (unpaired) electrons. The summed E-state index contributed by atoms with van der Waals surface area (Å²) in [5, 5.41) is 10.9. The van der Waals surface area contributed by atoms with E-state index in [0.29, 0.717) is 0 Å². The maximum absolute atomic E-state index is 10.9. The molecule has 3 heteroatoms. The molecule has 0 aromatic heterocycles. The minimum Gasteiger partial charge on any atom is -0.545 e. The molecule has 3 aromatic carbocycles. The van der Waals surface area contributed by atoms with Crippen molar-refractivity contribution in [1.82, 2.24) is 0 Å². The van der Waals surface area contributed by atoms with Gasteiger partial charge in [0.15, 0.2) is 0 Å². The van der Waals surface area contributed by atoms with Crippen LogP contribution >= 0.6 is 0 Å². The Balaban J connectivity index is 1.67. The average Bonchev–Trinajstić information content (AvgIpc) is 2.73. The molecule has 0 unspecified atom stereocenters. The third-order valence-electron chi connectivity index (χ3n) is 5.96. The van der Waals surface area contributed by atoms with Crippen molar-refractivity contribution in [2.45, 2.75) is 32.6 Å². The number of fused-ring (bicyclic) bond motifs is 1. The molecular weight excluding hydrogens is 370 g/mol. The highest BCUT2D eigenvalue weighted by Gasteiger charge is 2.31. The molecule has 0 fully saturated rings. The van der Waals surface area contributed by atoms with Gasteiger partial charge in [-0.15, -0.1) is 0 Å². The van der Waals surface area contributed by atoms with E-state index >= 15 is 0 Å². The molecule has 0 N–H and O–H groups in total. The molecule has 3 aromatic rings. The van der Waals surface area contributed by atoms with Crippen LogP contribution in [0.4, 0.5) is 11.4 Å². The van der Waals surface area contributed by atoms with Crippen molar-refractivity contribution in [2.75, 3.05) is 11.4 Å². The predicted octanol–water partition coefficient (Wildman–Crippen LogP) is 5.35. The van der Waals surface area contributed by atoms with Crippen LogP contribution in [0.5, 0.6) is 0 Å². The standard InChI is InChI=1S/C27H27NO2/c1-19-4-13-23(14-5-19)28-17-16-27(2,3)24-15-10-21(18-25(24)28)7-6-20-8-11-22(12-9-20)26(29)30/h4-15,18H,16-17H2,1-3H3,(H,29,30)/p-1/b7-6+. The van der Waals surface area contributed by atoms with E-state index in [4.69, 9.17) is 0 Å². The molecule has 0 bridgehead atoms. The van der Waals surface area contributed by atoms with Gasteiger partial charge < -0.3 is 14.8 Å². The monoisotopic (exact) mass is 396 g/mol. The maximum Gasteiger partial charge on any atom is 0.0715 e. The summed E-state index contributed by atoms with van der Waals surface area (Å²) >= 11 is 0. The van der Waals surface area contributed by atoms with Gasteiger partial charge in [-0.25, -0.2) is 0 Å². The Morgan fingerprint density at radius 2 is 1.57 bits per heavy atom. The van der Waals surface area contributed by atoms with Crippen molar-refractivity contribution in [3.8, 4) is 0 Å². The van der Waals surface area contributed by atoms with Gasteiger partial charge >= 0.3 is 0 Å². The summed E-state index contributed by atoms with van der Waals surface area (Å²) < 4.78 is 0. The van der Waals surface area contributed by atoms with Crippen LogP contribution in [0.25, 0.3) is 12.2 Å². The molecule has 1 aliphatic heterocycles. The third-order valence-corrected chi connectivity index (χ3v) is 5.96. The van der Waals surface area contributed by atoms with Crippen LogP contribution in [0.3, 0.4) is 0 Å². The summed E-state index contributed by atoms with van der Waals surface area (Å²) in [5.41, 5.74) is 7.50. The van der Waals surface area contributed by atoms with Gasteiger partial charge in [0.05, 0.1) is 5.97 Å². The molecule has 4 rings (SSSR count). The maximum atomic E-state index is 10.9. The number of carboxylic acids is 1. The third kappa shape index (κ3) is 4.02. The van der Waals surface area contributed by atoms with Gasteiger partial charge in [-0.3, -0.25) is 0 Å². The second kappa shape index (κ2) is 7.83. The Morgan fingerprint density at radius 1 is 0.933 bits per heavy atom. The van der Waals surface area contributed by atoms with E-state index in [2.05, 4.69) is 74.2 Å². The van der Waals surface area contributed by atoms with E-state index in [1.54, 1.807) is 24.3 Å². The summed E-state index contributed by atoms with van der Waals surface area (Å²) in [6.45, 7) is 7.72. The molecule has 0 saturated carbocycles. The van der Waals surface area contributed by atoms with E-state index in [1.165, 1.54) is 22.5 Å². The first-order chi connectivity index (χ1) is 14.3. The predicted molar refractivity (Wildman–Crippen MR) is 122 cm³/mol. The van der Waals surface area contributed by atoms with Gasteiger partial charge in [-0.05, 0) is 59.2 Å². The second-order valence-electron chi connectivity index (χ2n) is 8.64. The first kappa shape index (κ1) is 20.0. The summed E-state index contributed by atoms with van der Waals surface area (Å²) in [4.78, 5) is 13.3. The number of anilines is 2. The number of carbonyl (C=O) groups is 1. The lowest BCUT2D eigenvalue weighted by Gasteiger charge is -2.40. The second-order valence-corrected chi connectivity index (χ2v) is 8.64. The molecule has 0 atom stereocenters. The van der Waals surface area contributed by atoms with Crippen LogP contribution in [0.15, 0.2) is 66.7 Å². The number of hydrogen-bond donors (Lipinski definition) is 0. The summed E-state index contributed by atoms with van der Waals surface area (Å²) in [6.07, 6.45) is 5.18. The summed E-state index contributed by atoms with van der Waals surface area (Å²) in [6, 6.07) is 22.1. The topological polar surface area (TPSA) is 43.4 Å². The fourth-order valence-electron chi connectivity index (χ4n) is 4.01. The molecule has 152 valence electrons. The van der Waals surface area contributed by atoms with Crippen molar-refractivity contribution in [2.24, 2.45) is 0 Å². The number of hydrogen-bond acceptors (Lipinski definition) is 3.